The van der Waals surface area contributed by atoms with Crippen LogP contribution in [0.15, 0.2) is 29.4 Å². The van der Waals surface area contributed by atoms with Gasteiger partial charge in [0.05, 0.1) is 5.02 Å². The lowest BCUT2D eigenvalue weighted by molar-refractivity contribution is 0.579. The number of nitrogens with zero attached hydrogens (tertiary/aromatic N) is 3. The van der Waals surface area contributed by atoms with E-state index in [2.05, 4.69) is 14.8 Å². The quantitative estimate of drug-likeness (QED) is 0.843. The van der Waals surface area contributed by atoms with Gasteiger partial charge in [-0.1, -0.05) is 23.2 Å². The van der Waals surface area contributed by atoms with Crippen LogP contribution in [0.4, 0.5) is 0 Å². The molecule has 0 atom stereocenters. The summed E-state index contributed by atoms with van der Waals surface area (Å²) in [6.45, 7) is 0.252. The van der Waals surface area contributed by atoms with Crippen LogP contribution in [-0.4, -0.2) is 29.7 Å². The number of aryl methyl sites for hydroxylation is 1. The van der Waals surface area contributed by atoms with E-state index >= 15 is 0 Å². The lowest BCUT2D eigenvalue weighted by atomic mass is 10.3. The first-order chi connectivity index (χ1) is 9.40. The molecule has 0 amide bonds. The Balaban J connectivity index is 2.04. The predicted octanol–water partition coefficient (Wildman–Crippen LogP) is 1.64. The number of sulfonamides is 1. The Bertz CT molecular complexity index is 715. The minimum absolute atomic E-state index is 0.0168. The number of aromatic nitrogens is 3. The van der Waals surface area contributed by atoms with Crippen molar-refractivity contribution in [1.29, 1.82) is 0 Å². The number of halogens is 2. The van der Waals surface area contributed by atoms with Crippen LogP contribution in [0.2, 0.25) is 10.2 Å². The van der Waals surface area contributed by atoms with Crippen LogP contribution in [0.1, 0.15) is 5.69 Å². The molecule has 0 spiro atoms. The summed E-state index contributed by atoms with van der Waals surface area (Å²) < 4.78 is 28.2. The summed E-state index contributed by atoms with van der Waals surface area (Å²) in [5, 5.41) is 4.18. The molecule has 0 aliphatic heterocycles. The van der Waals surface area contributed by atoms with Crippen LogP contribution in [-0.2, 0) is 23.5 Å². The van der Waals surface area contributed by atoms with Gasteiger partial charge in [0, 0.05) is 38.1 Å². The van der Waals surface area contributed by atoms with Gasteiger partial charge in [-0.15, -0.1) is 0 Å². The maximum Gasteiger partial charge on any atom is 0.242 e. The van der Waals surface area contributed by atoms with Crippen molar-refractivity contribution >= 4 is 33.2 Å². The number of hydrogen-bond donors (Lipinski definition) is 1. The Kier molecular flexibility index (Phi) is 4.64. The van der Waals surface area contributed by atoms with E-state index in [9.17, 15) is 8.42 Å². The molecule has 20 heavy (non-hydrogen) atoms. The summed E-state index contributed by atoms with van der Waals surface area (Å²) in [6, 6.07) is 3.10. The smallest absolute Gasteiger partial charge is 0.242 e. The lowest BCUT2D eigenvalue weighted by Gasteiger charge is -2.07. The first kappa shape index (κ1) is 15.2. The van der Waals surface area contributed by atoms with Crippen LogP contribution in [0.5, 0.6) is 0 Å². The van der Waals surface area contributed by atoms with Gasteiger partial charge >= 0.3 is 0 Å². The van der Waals surface area contributed by atoms with E-state index in [1.807, 2.05) is 6.07 Å². The molecule has 0 aliphatic carbocycles. The second kappa shape index (κ2) is 6.09. The third-order valence-corrected chi connectivity index (χ3v) is 4.79. The van der Waals surface area contributed by atoms with Crippen LogP contribution < -0.4 is 4.72 Å². The van der Waals surface area contributed by atoms with E-state index < -0.39 is 10.0 Å². The fourth-order valence-electron chi connectivity index (χ4n) is 1.59. The standard InChI is InChI=1S/C11H12Cl2N4O2S/c1-17-8(2-4-15-17)3-5-16-20(18,19)9-6-10(12)11(13)14-7-9/h2,4,6-7,16H,3,5H2,1H3. The molecule has 2 rings (SSSR count). The molecule has 0 radical (unpaired) electrons. The minimum Gasteiger partial charge on any atom is -0.273 e. The van der Waals surface area contributed by atoms with Gasteiger partial charge < -0.3 is 0 Å². The average molecular weight is 335 g/mol. The third-order valence-electron chi connectivity index (χ3n) is 2.68. The topological polar surface area (TPSA) is 76.9 Å². The van der Waals surface area contributed by atoms with E-state index in [4.69, 9.17) is 23.2 Å². The molecule has 1 N–H and O–H groups in total. The van der Waals surface area contributed by atoms with Gasteiger partial charge in [-0.3, -0.25) is 4.68 Å². The van der Waals surface area contributed by atoms with Gasteiger partial charge in [0.25, 0.3) is 0 Å². The van der Waals surface area contributed by atoms with E-state index in [1.54, 1.807) is 17.9 Å². The monoisotopic (exact) mass is 334 g/mol. The zero-order valence-corrected chi connectivity index (χ0v) is 12.9. The second-order valence-electron chi connectivity index (χ2n) is 4.04. The van der Waals surface area contributed by atoms with Crippen molar-refractivity contribution in [3.05, 3.63) is 40.4 Å². The zero-order chi connectivity index (χ0) is 14.8. The van der Waals surface area contributed by atoms with E-state index in [-0.39, 0.29) is 21.6 Å². The van der Waals surface area contributed by atoms with Crippen LogP contribution in [0.25, 0.3) is 0 Å². The highest BCUT2D eigenvalue weighted by molar-refractivity contribution is 7.89. The number of rotatable bonds is 5. The van der Waals surface area contributed by atoms with E-state index in [0.29, 0.717) is 6.42 Å². The summed E-state index contributed by atoms with van der Waals surface area (Å²) in [6.07, 6.45) is 3.36. The number of nitrogens with one attached hydrogen (secondary N) is 1. The second-order valence-corrected chi connectivity index (χ2v) is 6.57. The first-order valence-corrected chi connectivity index (χ1v) is 7.91. The average Bonchev–Trinajstić information content (AvgIpc) is 2.78. The van der Waals surface area contributed by atoms with Crippen LogP contribution >= 0.6 is 23.2 Å². The predicted molar refractivity (Wildman–Crippen MR) is 76.4 cm³/mol. The maximum absolute atomic E-state index is 12.0. The lowest BCUT2D eigenvalue weighted by Crippen LogP contribution is -2.26. The fourth-order valence-corrected chi connectivity index (χ4v) is 2.93. The molecule has 108 valence electrons. The first-order valence-electron chi connectivity index (χ1n) is 5.68. The number of pyridine rings is 1. The molecule has 0 saturated heterocycles. The largest absolute Gasteiger partial charge is 0.273 e. The van der Waals surface area contributed by atoms with Crippen molar-refractivity contribution in [2.45, 2.75) is 11.3 Å². The molecule has 9 heteroatoms. The van der Waals surface area contributed by atoms with Crippen molar-refractivity contribution < 1.29 is 8.42 Å². The Morgan fingerprint density at radius 2 is 2.15 bits per heavy atom. The van der Waals surface area contributed by atoms with Gasteiger partial charge in [-0.2, -0.15) is 5.10 Å². The summed E-state index contributed by atoms with van der Waals surface area (Å²) in [7, 11) is -1.85. The molecule has 0 aromatic carbocycles. The van der Waals surface area contributed by atoms with Crippen LogP contribution in [0.3, 0.4) is 0 Å². The molecule has 0 unspecified atom stereocenters. The Morgan fingerprint density at radius 3 is 2.75 bits per heavy atom. The van der Waals surface area contributed by atoms with Gasteiger partial charge in [-0.25, -0.2) is 18.1 Å². The van der Waals surface area contributed by atoms with Gasteiger partial charge in [0.1, 0.15) is 10.0 Å². The molecular weight excluding hydrogens is 323 g/mol. The van der Waals surface area contributed by atoms with Crippen LogP contribution in [0, 0.1) is 0 Å². The minimum atomic E-state index is -3.65. The van der Waals surface area contributed by atoms with E-state index in [1.165, 1.54) is 12.3 Å². The van der Waals surface area contributed by atoms with E-state index in [0.717, 1.165) is 5.69 Å². The van der Waals surface area contributed by atoms with Gasteiger partial charge in [0.2, 0.25) is 10.0 Å². The Labute approximate surface area is 126 Å². The highest BCUT2D eigenvalue weighted by Gasteiger charge is 2.16. The molecule has 6 nitrogen and oxygen atoms in total. The summed E-state index contributed by atoms with van der Waals surface area (Å²) in [5.74, 6) is 0. The highest BCUT2D eigenvalue weighted by Crippen LogP contribution is 2.21. The van der Waals surface area contributed by atoms with Crippen molar-refractivity contribution in [2.24, 2.45) is 7.05 Å². The highest BCUT2D eigenvalue weighted by atomic mass is 35.5. The maximum atomic E-state index is 12.0. The molecule has 0 fully saturated rings. The molecular formula is C11H12Cl2N4O2S. The molecule has 0 saturated carbocycles. The SMILES string of the molecule is Cn1nccc1CCNS(=O)(=O)c1cnc(Cl)c(Cl)c1. The molecule has 2 aromatic rings. The molecule has 2 aromatic heterocycles. The summed E-state index contributed by atoms with van der Waals surface area (Å²) >= 11 is 11.4. The Morgan fingerprint density at radius 1 is 1.40 bits per heavy atom. The molecule has 0 bridgehead atoms. The van der Waals surface area contributed by atoms with Gasteiger partial charge in [0.15, 0.2) is 0 Å². The fraction of sp³-hybridized carbons (Fsp3) is 0.273. The van der Waals surface area contributed by atoms with Gasteiger partial charge in [-0.05, 0) is 12.1 Å². The molecule has 0 aliphatic rings. The molecule has 2 heterocycles. The van der Waals surface area contributed by atoms with Crippen molar-refractivity contribution in [3.8, 4) is 0 Å². The summed E-state index contributed by atoms with van der Waals surface area (Å²) in [5.41, 5.74) is 0.931. The Hall–Kier alpha value is -1.15. The summed E-state index contributed by atoms with van der Waals surface area (Å²) in [4.78, 5) is 3.70. The van der Waals surface area contributed by atoms with Crippen molar-refractivity contribution in [3.63, 3.8) is 0 Å². The number of hydrogen-bond acceptors (Lipinski definition) is 4. The van der Waals surface area contributed by atoms with Crippen molar-refractivity contribution in [1.82, 2.24) is 19.5 Å². The van der Waals surface area contributed by atoms with Crippen molar-refractivity contribution in [2.75, 3.05) is 6.54 Å². The third kappa shape index (κ3) is 3.49. The normalized spacial score (nSPS) is 11.8. The zero-order valence-electron chi connectivity index (χ0n) is 10.5.